The van der Waals surface area contributed by atoms with E-state index in [4.69, 9.17) is 13.9 Å². The summed E-state index contributed by atoms with van der Waals surface area (Å²) in [7, 11) is 3.89. The van der Waals surface area contributed by atoms with Crippen LogP contribution in [0.4, 0.5) is 0 Å². The minimum atomic E-state index is -0.582. The van der Waals surface area contributed by atoms with Crippen LogP contribution in [0.5, 0.6) is 11.5 Å². The summed E-state index contributed by atoms with van der Waals surface area (Å²) >= 11 is 3.43. The zero-order valence-corrected chi connectivity index (χ0v) is 20.8. The van der Waals surface area contributed by atoms with E-state index < -0.39 is 6.04 Å². The average Bonchev–Trinajstić information content (AvgIpc) is 3.06. The lowest BCUT2D eigenvalue weighted by molar-refractivity contribution is 0.0716. The van der Waals surface area contributed by atoms with E-state index in [2.05, 4.69) is 15.9 Å². The van der Waals surface area contributed by atoms with Crippen LogP contribution in [0.2, 0.25) is 0 Å². The van der Waals surface area contributed by atoms with Gasteiger partial charge in [-0.1, -0.05) is 22.0 Å². The lowest BCUT2D eigenvalue weighted by atomic mass is 9.98. The second-order valence-corrected chi connectivity index (χ2v) is 9.01. The summed E-state index contributed by atoms with van der Waals surface area (Å²) in [5.41, 5.74) is 1.32. The summed E-state index contributed by atoms with van der Waals surface area (Å²) in [5, 5.41) is 0.436. The fraction of sp³-hybridized carbons (Fsp3) is 0.360. The summed E-state index contributed by atoms with van der Waals surface area (Å²) in [6.45, 7) is 5.87. The third-order valence-electron chi connectivity index (χ3n) is 5.60. The zero-order valence-electron chi connectivity index (χ0n) is 19.2. The Morgan fingerprint density at radius 2 is 1.76 bits per heavy atom. The van der Waals surface area contributed by atoms with Gasteiger partial charge in [0.1, 0.15) is 5.58 Å². The molecule has 0 radical (unpaired) electrons. The van der Waals surface area contributed by atoms with Gasteiger partial charge in [0.15, 0.2) is 16.9 Å². The van der Waals surface area contributed by atoms with E-state index in [-0.39, 0.29) is 17.1 Å². The minimum absolute atomic E-state index is 0.102. The summed E-state index contributed by atoms with van der Waals surface area (Å²) in [6.07, 6.45) is 0. The van der Waals surface area contributed by atoms with Gasteiger partial charge in [0, 0.05) is 17.6 Å². The molecule has 1 aliphatic rings. The number of carbonyl (C=O) groups excluding carboxylic acids is 1. The molecule has 0 N–H and O–H groups in total. The number of hydrogen-bond acceptors (Lipinski definition) is 6. The first-order valence-corrected chi connectivity index (χ1v) is 11.8. The molecule has 3 aromatic rings. The average molecular weight is 515 g/mol. The smallest absolute Gasteiger partial charge is 0.290 e. The number of ether oxygens (including phenoxy) is 2. The number of nitrogens with zero attached hydrogens (tertiary/aromatic N) is 2. The number of benzene rings is 2. The van der Waals surface area contributed by atoms with Gasteiger partial charge >= 0.3 is 0 Å². The van der Waals surface area contributed by atoms with Gasteiger partial charge in [-0.25, -0.2) is 0 Å². The van der Waals surface area contributed by atoms with Crippen molar-refractivity contribution in [3.8, 4) is 11.5 Å². The molecule has 0 spiro atoms. The van der Waals surface area contributed by atoms with Crippen molar-refractivity contribution >= 4 is 32.8 Å². The molecule has 1 atom stereocenters. The highest BCUT2D eigenvalue weighted by Gasteiger charge is 2.42. The van der Waals surface area contributed by atoms with Crippen molar-refractivity contribution in [2.45, 2.75) is 19.9 Å². The van der Waals surface area contributed by atoms with Crippen molar-refractivity contribution in [3.63, 3.8) is 0 Å². The molecule has 0 aliphatic carbocycles. The van der Waals surface area contributed by atoms with Crippen LogP contribution in [0, 0.1) is 0 Å². The number of fused-ring (bicyclic) bond motifs is 2. The lowest BCUT2D eigenvalue weighted by Crippen LogP contribution is -2.35. The van der Waals surface area contributed by atoms with Gasteiger partial charge < -0.3 is 23.7 Å². The SMILES string of the molecule is CCOc1ccc(C2c3c(oc4ccc(Br)cc4c3=O)C(=O)N2CCN(C)C)cc1OCC. The standard InChI is InChI=1S/C25H27BrN2O5/c1-5-31-19-9-7-15(13-20(19)32-6-2)22-21-23(29)17-14-16(26)8-10-18(17)33-24(21)25(30)28(22)12-11-27(3)4/h7-10,13-14,22H,5-6,11-12H2,1-4H3. The highest BCUT2D eigenvalue weighted by Crippen LogP contribution is 2.41. The van der Waals surface area contributed by atoms with Crippen LogP contribution >= 0.6 is 15.9 Å². The van der Waals surface area contributed by atoms with Gasteiger partial charge in [-0.3, -0.25) is 9.59 Å². The first-order valence-electron chi connectivity index (χ1n) is 11.0. The van der Waals surface area contributed by atoms with Crippen molar-refractivity contribution in [1.82, 2.24) is 9.80 Å². The molecule has 2 aromatic carbocycles. The maximum Gasteiger partial charge on any atom is 0.290 e. The Kier molecular flexibility index (Phi) is 6.76. The van der Waals surface area contributed by atoms with Gasteiger partial charge in [0.05, 0.1) is 30.2 Å². The molecule has 1 aliphatic heterocycles. The Hall–Kier alpha value is -2.84. The molecule has 1 amide bonds. The van der Waals surface area contributed by atoms with Crippen LogP contribution in [0.25, 0.3) is 11.0 Å². The molecule has 0 saturated carbocycles. The number of amides is 1. The molecule has 174 valence electrons. The van der Waals surface area contributed by atoms with E-state index in [0.717, 1.165) is 10.0 Å². The summed E-state index contributed by atoms with van der Waals surface area (Å²) < 4.78 is 18.3. The van der Waals surface area contributed by atoms with Crippen LogP contribution < -0.4 is 14.9 Å². The van der Waals surface area contributed by atoms with Crippen LogP contribution in [0.15, 0.2) is 50.1 Å². The normalized spacial score (nSPS) is 15.4. The van der Waals surface area contributed by atoms with Crippen molar-refractivity contribution in [2.75, 3.05) is 40.4 Å². The van der Waals surface area contributed by atoms with Crippen molar-refractivity contribution in [1.29, 1.82) is 0 Å². The fourth-order valence-corrected chi connectivity index (χ4v) is 4.48. The van der Waals surface area contributed by atoms with Crippen LogP contribution in [0.3, 0.4) is 0 Å². The van der Waals surface area contributed by atoms with Crippen LogP contribution in [-0.4, -0.2) is 56.1 Å². The number of carbonyl (C=O) groups is 1. The first-order chi connectivity index (χ1) is 15.8. The van der Waals surface area contributed by atoms with Crippen molar-refractivity contribution < 1.29 is 18.7 Å². The van der Waals surface area contributed by atoms with Gasteiger partial charge in [-0.15, -0.1) is 0 Å². The molecular formula is C25H27BrN2O5. The highest BCUT2D eigenvalue weighted by atomic mass is 79.9. The molecule has 0 bridgehead atoms. The van der Waals surface area contributed by atoms with Crippen molar-refractivity contribution in [3.05, 3.63) is 68.0 Å². The molecule has 4 rings (SSSR count). The van der Waals surface area contributed by atoms with Gasteiger partial charge in [-0.05, 0) is 63.8 Å². The molecule has 1 aromatic heterocycles. The van der Waals surface area contributed by atoms with E-state index in [0.29, 0.717) is 54.3 Å². The second kappa shape index (κ2) is 9.57. The van der Waals surface area contributed by atoms with E-state index in [9.17, 15) is 9.59 Å². The number of hydrogen-bond donors (Lipinski definition) is 0. The number of halogens is 1. The zero-order chi connectivity index (χ0) is 23.7. The molecule has 2 heterocycles. The monoisotopic (exact) mass is 514 g/mol. The van der Waals surface area contributed by atoms with E-state index >= 15 is 0 Å². The van der Waals surface area contributed by atoms with Gasteiger partial charge in [0.2, 0.25) is 5.76 Å². The quantitative estimate of drug-likeness (QED) is 0.441. The third-order valence-corrected chi connectivity index (χ3v) is 6.09. The van der Waals surface area contributed by atoms with E-state index in [1.54, 1.807) is 23.1 Å². The maximum atomic E-state index is 13.6. The van der Waals surface area contributed by atoms with E-state index in [1.807, 2.05) is 51.0 Å². The lowest BCUT2D eigenvalue weighted by Gasteiger charge is -2.27. The Labute approximate surface area is 201 Å². The minimum Gasteiger partial charge on any atom is -0.490 e. The maximum absolute atomic E-state index is 13.6. The van der Waals surface area contributed by atoms with Crippen LogP contribution in [-0.2, 0) is 0 Å². The van der Waals surface area contributed by atoms with Gasteiger partial charge in [0.25, 0.3) is 5.91 Å². The Morgan fingerprint density at radius 1 is 1.03 bits per heavy atom. The molecule has 7 nitrogen and oxygen atoms in total. The molecule has 8 heteroatoms. The largest absolute Gasteiger partial charge is 0.490 e. The molecule has 0 saturated heterocycles. The second-order valence-electron chi connectivity index (χ2n) is 8.09. The molecule has 0 fully saturated rings. The van der Waals surface area contributed by atoms with Crippen LogP contribution in [0.1, 0.15) is 41.6 Å². The Bertz CT molecular complexity index is 1250. The Balaban J connectivity index is 1.92. The predicted molar refractivity (Wildman–Crippen MR) is 130 cm³/mol. The summed E-state index contributed by atoms with van der Waals surface area (Å²) in [4.78, 5) is 30.8. The Morgan fingerprint density at radius 3 is 2.45 bits per heavy atom. The number of rotatable bonds is 8. The molecule has 33 heavy (non-hydrogen) atoms. The molecule has 1 unspecified atom stereocenters. The van der Waals surface area contributed by atoms with Crippen molar-refractivity contribution in [2.24, 2.45) is 0 Å². The van der Waals surface area contributed by atoms with E-state index in [1.165, 1.54) is 0 Å². The third kappa shape index (κ3) is 4.37. The number of likely N-dealkylation sites (N-methyl/N-ethyl adjacent to an activating group) is 1. The highest BCUT2D eigenvalue weighted by molar-refractivity contribution is 9.10. The summed E-state index contributed by atoms with van der Waals surface area (Å²) in [5.74, 6) is 1.02. The predicted octanol–water partition coefficient (Wildman–Crippen LogP) is 4.46. The van der Waals surface area contributed by atoms with Gasteiger partial charge in [-0.2, -0.15) is 0 Å². The fourth-order valence-electron chi connectivity index (χ4n) is 4.12. The molecular weight excluding hydrogens is 488 g/mol. The first kappa shape index (κ1) is 23.3. The summed E-state index contributed by atoms with van der Waals surface area (Å²) in [6, 6.07) is 10.2. The topological polar surface area (TPSA) is 72.2 Å².